The zero-order chi connectivity index (χ0) is 22.7. The predicted octanol–water partition coefficient (Wildman–Crippen LogP) is 4.37. The molecule has 7 nitrogen and oxygen atoms in total. The number of carbonyl (C=O) groups excluding carboxylic acids is 2. The van der Waals surface area contributed by atoms with E-state index in [4.69, 9.17) is 14.2 Å². The van der Waals surface area contributed by atoms with E-state index >= 15 is 0 Å². The number of nitrogens with one attached hydrogen (secondary N) is 2. The molecule has 0 aromatic heterocycles. The highest BCUT2D eigenvalue weighted by molar-refractivity contribution is 5.68. The molecule has 7 heteroatoms. The third kappa shape index (κ3) is 9.53. The van der Waals surface area contributed by atoms with E-state index in [9.17, 15) is 9.59 Å². The van der Waals surface area contributed by atoms with Crippen LogP contribution >= 0.6 is 0 Å². The first kappa shape index (κ1) is 24.2. The van der Waals surface area contributed by atoms with Crippen molar-refractivity contribution in [1.82, 2.24) is 10.6 Å². The number of hydrogen-bond acceptors (Lipinski definition) is 5. The van der Waals surface area contributed by atoms with Crippen LogP contribution in [-0.2, 0) is 27.2 Å². The average molecular weight is 429 g/mol. The summed E-state index contributed by atoms with van der Waals surface area (Å²) in [5.74, 6) is 0. The largest absolute Gasteiger partial charge is 0.445 e. The Morgan fingerprint density at radius 3 is 2.35 bits per heavy atom. The van der Waals surface area contributed by atoms with E-state index in [1.54, 1.807) is 7.11 Å². The number of ether oxygens (including phenoxy) is 3. The number of methoxy groups -OCH3 is 1. The van der Waals surface area contributed by atoms with Gasteiger partial charge < -0.3 is 24.8 Å². The van der Waals surface area contributed by atoms with Crippen LogP contribution < -0.4 is 10.6 Å². The fraction of sp³-hybridized carbons (Fsp3) is 0.417. The summed E-state index contributed by atoms with van der Waals surface area (Å²) in [5.41, 5.74) is 2.28. The van der Waals surface area contributed by atoms with Crippen LogP contribution in [0.15, 0.2) is 54.6 Å². The Balaban J connectivity index is 1.86. The number of rotatable bonds is 9. The quantitative estimate of drug-likeness (QED) is 0.620. The number of benzene rings is 2. The summed E-state index contributed by atoms with van der Waals surface area (Å²) in [6, 6.07) is 17.0. The first-order chi connectivity index (χ1) is 14.8. The zero-order valence-corrected chi connectivity index (χ0v) is 18.6. The van der Waals surface area contributed by atoms with Gasteiger partial charge >= 0.3 is 12.2 Å². The summed E-state index contributed by atoms with van der Waals surface area (Å²) in [7, 11) is 1.58. The van der Waals surface area contributed by atoms with Crippen molar-refractivity contribution in [3.63, 3.8) is 0 Å². The smallest absolute Gasteiger partial charge is 0.408 e. The normalized spacial score (nSPS) is 12.0. The van der Waals surface area contributed by atoms with Gasteiger partial charge in [0.25, 0.3) is 0 Å². The topological polar surface area (TPSA) is 85.9 Å². The van der Waals surface area contributed by atoms with Gasteiger partial charge in [-0.3, -0.25) is 0 Å². The van der Waals surface area contributed by atoms with Crippen molar-refractivity contribution in [2.75, 3.05) is 20.3 Å². The SMILES string of the molecule is COCC(NC(=O)OC(C)(C)C)c1cccc(CCNC(=O)OCc2ccccc2)c1. The van der Waals surface area contributed by atoms with Crippen molar-refractivity contribution < 1.29 is 23.8 Å². The maximum atomic E-state index is 12.2. The summed E-state index contributed by atoms with van der Waals surface area (Å²) >= 11 is 0. The lowest BCUT2D eigenvalue weighted by molar-refractivity contribution is 0.0467. The van der Waals surface area contributed by atoms with E-state index < -0.39 is 17.8 Å². The van der Waals surface area contributed by atoms with Gasteiger partial charge in [-0.2, -0.15) is 0 Å². The zero-order valence-electron chi connectivity index (χ0n) is 18.6. The second kappa shape index (κ2) is 12.0. The van der Waals surface area contributed by atoms with Crippen molar-refractivity contribution in [2.45, 2.75) is 45.4 Å². The monoisotopic (exact) mass is 428 g/mol. The van der Waals surface area contributed by atoms with Crippen molar-refractivity contribution in [2.24, 2.45) is 0 Å². The van der Waals surface area contributed by atoms with Crippen molar-refractivity contribution >= 4 is 12.2 Å². The predicted molar refractivity (Wildman–Crippen MR) is 119 cm³/mol. The second-order valence-electron chi connectivity index (χ2n) is 8.14. The third-order valence-corrected chi connectivity index (χ3v) is 4.27. The number of alkyl carbamates (subject to hydrolysis) is 2. The highest BCUT2D eigenvalue weighted by Gasteiger charge is 2.20. The second-order valence-corrected chi connectivity index (χ2v) is 8.14. The van der Waals surface area contributed by atoms with Gasteiger partial charge in [0, 0.05) is 13.7 Å². The number of amides is 2. The van der Waals surface area contributed by atoms with E-state index in [0.29, 0.717) is 19.6 Å². The van der Waals surface area contributed by atoms with E-state index in [1.165, 1.54) is 0 Å². The van der Waals surface area contributed by atoms with Gasteiger partial charge in [-0.15, -0.1) is 0 Å². The standard InChI is InChI=1S/C24H32N2O5/c1-24(2,3)31-23(28)26-21(17-29-4)20-12-8-11-18(15-20)13-14-25-22(27)30-16-19-9-6-5-7-10-19/h5-12,15,21H,13-14,16-17H2,1-4H3,(H,25,27)(H,26,28). The van der Waals surface area contributed by atoms with Gasteiger partial charge in [0.2, 0.25) is 0 Å². The number of hydrogen-bond donors (Lipinski definition) is 2. The molecule has 0 aliphatic rings. The van der Waals surface area contributed by atoms with Crippen molar-refractivity contribution in [1.29, 1.82) is 0 Å². The molecule has 0 bridgehead atoms. The summed E-state index contributed by atoms with van der Waals surface area (Å²) in [6.45, 7) is 6.43. The Labute approximate surface area is 184 Å². The minimum absolute atomic E-state index is 0.233. The Morgan fingerprint density at radius 2 is 1.68 bits per heavy atom. The molecule has 2 N–H and O–H groups in total. The van der Waals surface area contributed by atoms with Crippen molar-refractivity contribution in [3.05, 3.63) is 71.3 Å². The van der Waals surface area contributed by atoms with Crippen LogP contribution in [0.2, 0.25) is 0 Å². The lowest BCUT2D eigenvalue weighted by atomic mass is 10.0. The molecule has 2 aromatic rings. The fourth-order valence-electron chi connectivity index (χ4n) is 2.89. The highest BCUT2D eigenvalue weighted by atomic mass is 16.6. The third-order valence-electron chi connectivity index (χ3n) is 4.27. The van der Waals surface area contributed by atoms with Crippen LogP contribution in [0.1, 0.15) is 43.5 Å². The summed E-state index contributed by atoms with van der Waals surface area (Å²) < 4.78 is 15.8. The van der Waals surface area contributed by atoms with Crippen LogP contribution in [0.25, 0.3) is 0 Å². The Hall–Kier alpha value is -3.06. The van der Waals surface area contributed by atoms with E-state index in [2.05, 4.69) is 10.6 Å². The maximum Gasteiger partial charge on any atom is 0.408 e. The molecule has 0 fully saturated rings. The molecule has 0 saturated carbocycles. The van der Waals surface area contributed by atoms with Crippen LogP contribution in [0, 0.1) is 0 Å². The van der Waals surface area contributed by atoms with Gasteiger partial charge in [-0.25, -0.2) is 9.59 Å². The molecule has 0 heterocycles. The van der Waals surface area contributed by atoms with Crippen LogP contribution in [0.5, 0.6) is 0 Å². The molecule has 1 atom stereocenters. The molecule has 0 saturated heterocycles. The molecule has 168 valence electrons. The van der Waals surface area contributed by atoms with Crippen LogP contribution in [0.4, 0.5) is 9.59 Å². The molecule has 0 spiro atoms. The summed E-state index contributed by atoms with van der Waals surface area (Å²) in [4.78, 5) is 24.1. The van der Waals surface area contributed by atoms with Gasteiger partial charge in [0.1, 0.15) is 12.2 Å². The lowest BCUT2D eigenvalue weighted by Gasteiger charge is -2.24. The minimum atomic E-state index is -0.579. The van der Waals surface area contributed by atoms with Gasteiger partial charge in [-0.1, -0.05) is 54.6 Å². The first-order valence-electron chi connectivity index (χ1n) is 10.3. The average Bonchev–Trinajstić information content (AvgIpc) is 2.71. The molecule has 31 heavy (non-hydrogen) atoms. The van der Waals surface area contributed by atoms with Crippen LogP contribution in [-0.4, -0.2) is 38.0 Å². The molecular weight excluding hydrogens is 396 g/mol. The molecule has 0 radical (unpaired) electrons. The summed E-state index contributed by atoms with van der Waals surface area (Å²) in [6.07, 6.45) is -0.327. The van der Waals surface area contributed by atoms with E-state index in [-0.39, 0.29) is 12.6 Å². The lowest BCUT2D eigenvalue weighted by Crippen LogP contribution is -2.36. The molecule has 2 rings (SSSR count). The molecule has 2 aromatic carbocycles. The van der Waals surface area contributed by atoms with Crippen LogP contribution in [0.3, 0.4) is 0 Å². The minimum Gasteiger partial charge on any atom is -0.445 e. The number of carbonyl (C=O) groups is 2. The van der Waals surface area contributed by atoms with E-state index in [1.807, 2.05) is 75.4 Å². The summed E-state index contributed by atoms with van der Waals surface area (Å²) in [5, 5.41) is 5.61. The van der Waals surface area contributed by atoms with Crippen molar-refractivity contribution in [3.8, 4) is 0 Å². The molecule has 0 aliphatic carbocycles. The van der Waals surface area contributed by atoms with E-state index in [0.717, 1.165) is 16.7 Å². The maximum absolute atomic E-state index is 12.2. The van der Waals surface area contributed by atoms with Gasteiger partial charge in [0.05, 0.1) is 12.6 Å². The van der Waals surface area contributed by atoms with Gasteiger partial charge in [-0.05, 0) is 43.9 Å². The Bertz CT molecular complexity index is 833. The first-order valence-corrected chi connectivity index (χ1v) is 10.3. The molecular formula is C24H32N2O5. The highest BCUT2D eigenvalue weighted by Crippen LogP contribution is 2.17. The Kier molecular flexibility index (Phi) is 9.34. The fourth-order valence-corrected chi connectivity index (χ4v) is 2.89. The van der Waals surface area contributed by atoms with Gasteiger partial charge in [0.15, 0.2) is 0 Å². The molecule has 2 amide bonds. The molecule has 1 unspecified atom stereocenters. The molecule has 0 aliphatic heterocycles. The Morgan fingerprint density at radius 1 is 0.968 bits per heavy atom.